The number of methoxy groups -OCH3 is 1. The molecule has 0 fully saturated rings. The average molecular weight is 578 g/mol. The fraction of sp³-hybridized carbons (Fsp3) is 0.0500. The molecular formula is C20H14N6O11S2. The molecule has 0 radical (unpaired) electrons. The van der Waals surface area contributed by atoms with Gasteiger partial charge in [-0.2, -0.15) is 8.42 Å². The van der Waals surface area contributed by atoms with Gasteiger partial charge in [0.25, 0.3) is 21.5 Å². The molecule has 4 aromatic rings. The third kappa shape index (κ3) is 5.40. The number of hydrogen-bond acceptors (Lipinski definition) is 12. The van der Waals surface area contributed by atoms with Crippen LogP contribution >= 0.6 is 0 Å². The van der Waals surface area contributed by atoms with Gasteiger partial charge in [-0.05, 0) is 40.2 Å². The third-order valence-electron chi connectivity index (χ3n) is 5.20. The van der Waals surface area contributed by atoms with E-state index >= 15 is 0 Å². The molecule has 0 unspecified atom stereocenters. The minimum absolute atomic E-state index is 0.0485. The summed E-state index contributed by atoms with van der Waals surface area (Å²) in [6.07, 6.45) is 0. The maximum atomic E-state index is 12.1. The summed E-state index contributed by atoms with van der Waals surface area (Å²) >= 11 is 0. The van der Waals surface area contributed by atoms with Crippen LogP contribution in [0.5, 0.6) is 5.75 Å². The van der Waals surface area contributed by atoms with Gasteiger partial charge in [0.05, 0.1) is 38.6 Å². The van der Waals surface area contributed by atoms with Gasteiger partial charge in [0.15, 0.2) is 5.75 Å². The normalized spacial score (nSPS) is 11.8. The van der Waals surface area contributed by atoms with E-state index in [0.29, 0.717) is 6.07 Å². The second-order valence-electron chi connectivity index (χ2n) is 7.58. The van der Waals surface area contributed by atoms with Crippen molar-refractivity contribution in [2.75, 3.05) is 7.11 Å². The number of aromatic nitrogens is 4. The minimum Gasteiger partial charge on any atom is -0.744 e. The number of non-ortho nitro benzene ring substituents is 2. The molecule has 0 atom stereocenters. The summed E-state index contributed by atoms with van der Waals surface area (Å²) < 4.78 is 73.4. The van der Waals surface area contributed by atoms with Gasteiger partial charge in [-0.25, -0.2) is 8.42 Å². The van der Waals surface area contributed by atoms with E-state index in [2.05, 4.69) is 10.2 Å². The number of rotatable bonds is 8. The van der Waals surface area contributed by atoms with Gasteiger partial charge in [0.1, 0.15) is 20.7 Å². The maximum Gasteiger partial charge on any atom is 0.341 e. The molecule has 0 saturated heterocycles. The van der Waals surface area contributed by atoms with Crippen LogP contribution in [0.3, 0.4) is 0 Å². The van der Waals surface area contributed by atoms with Crippen LogP contribution < -0.4 is 9.53 Å². The molecule has 4 rings (SSSR count). The second-order valence-corrected chi connectivity index (χ2v) is 10.3. The molecule has 39 heavy (non-hydrogen) atoms. The standard InChI is InChI=1S/C20H14N6O11S2/c1-37-18-10-14(26(29)30)6-9-17(18)24-22-20(21-23(24)12-2-4-13(5-3-12)25(27)28)16-8-7-15(38(31,32)33)11-19(16)39(34,35)36/h2-11H,1H3,(H-,31,32,33,34,35,36). The van der Waals surface area contributed by atoms with E-state index in [9.17, 15) is 46.2 Å². The Morgan fingerprint density at radius 3 is 2.08 bits per heavy atom. The first kappa shape index (κ1) is 27.2. The molecule has 1 N–H and O–H groups in total. The quantitative estimate of drug-likeness (QED) is 0.134. The summed E-state index contributed by atoms with van der Waals surface area (Å²) in [5.41, 5.74) is -0.818. The van der Waals surface area contributed by atoms with E-state index < -0.39 is 51.3 Å². The van der Waals surface area contributed by atoms with Crippen molar-refractivity contribution < 1.29 is 45.3 Å². The lowest BCUT2D eigenvalue weighted by Crippen LogP contribution is -2.43. The van der Waals surface area contributed by atoms with Gasteiger partial charge < -0.3 is 9.29 Å². The van der Waals surface area contributed by atoms with Gasteiger partial charge in [0.2, 0.25) is 5.69 Å². The summed E-state index contributed by atoms with van der Waals surface area (Å²) in [5, 5.41) is 30.7. The number of nitrogens with zero attached hydrogens (tertiary/aromatic N) is 6. The maximum absolute atomic E-state index is 12.1. The molecule has 0 saturated carbocycles. The largest absolute Gasteiger partial charge is 0.744 e. The van der Waals surface area contributed by atoms with Crippen LogP contribution in [-0.2, 0) is 20.2 Å². The monoisotopic (exact) mass is 578 g/mol. The fourth-order valence-corrected chi connectivity index (χ4v) is 4.71. The Balaban J connectivity index is 2.03. The highest BCUT2D eigenvalue weighted by molar-refractivity contribution is 7.86. The summed E-state index contributed by atoms with van der Waals surface area (Å²) in [7, 11) is -9.01. The Kier molecular flexibility index (Phi) is 6.83. The van der Waals surface area contributed by atoms with Crippen molar-refractivity contribution in [1.82, 2.24) is 15.0 Å². The number of ether oxygens (including phenoxy) is 1. The lowest BCUT2D eigenvalue weighted by atomic mass is 10.2. The first-order valence-electron chi connectivity index (χ1n) is 10.3. The molecule has 0 aliphatic heterocycles. The van der Waals surface area contributed by atoms with Gasteiger partial charge in [-0.1, -0.05) is 0 Å². The van der Waals surface area contributed by atoms with E-state index in [0.717, 1.165) is 46.0 Å². The van der Waals surface area contributed by atoms with Crippen LogP contribution in [0, 0.1) is 20.2 Å². The molecule has 0 aliphatic carbocycles. The van der Waals surface area contributed by atoms with Crippen LogP contribution in [0.1, 0.15) is 0 Å². The van der Waals surface area contributed by atoms with Crippen molar-refractivity contribution in [3.05, 3.63) is 80.9 Å². The zero-order chi connectivity index (χ0) is 28.7. The van der Waals surface area contributed by atoms with Crippen LogP contribution in [0.15, 0.2) is 70.5 Å². The Morgan fingerprint density at radius 1 is 0.923 bits per heavy atom. The van der Waals surface area contributed by atoms with E-state index in [1.54, 1.807) is 0 Å². The highest BCUT2D eigenvalue weighted by atomic mass is 32.2. The van der Waals surface area contributed by atoms with Gasteiger partial charge >= 0.3 is 5.82 Å². The second kappa shape index (κ2) is 9.79. The Labute approximate surface area is 218 Å². The molecule has 202 valence electrons. The molecule has 3 aromatic carbocycles. The average Bonchev–Trinajstić information content (AvgIpc) is 3.32. The predicted octanol–water partition coefficient (Wildman–Crippen LogP) is 1.19. The van der Waals surface area contributed by atoms with Crippen molar-refractivity contribution in [2.45, 2.75) is 9.79 Å². The number of nitro groups is 2. The topological polar surface area (TPSA) is 242 Å². The lowest BCUT2D eigenvalue weighted by molar-refractivity contribution is -0.734. The van der Waals surface area contributed by atoms with Crippen LogP contribution in [0.4, 0.5) is 11.4 Å². The van der Waals surface area contributed by atoms with Crippen molar-refractivity contribution in [3.8, 4) is 28.5 Å². The molecule has 0 spiro atoms. The first-order valence-corrected chi connectivity index (χ1v) is 13.1. The summed E-state index contributed by atoms with van der Waals surface area (Å²) in [6, 6.07) is 10.4. The van der Waals surface area contributed by atoms with Crippen LogP contribution in [0.2, 0.25) is 0 Å². The van der Waals surface area contributed by atoms with Crippen molar-refractivity contribution in [3.63, 3.8) is 0 Å². The highest BCUT2D eigenvalue weighted by Crippen LogP contribution is 2.29. The number of benzene rings is 3. The van der Waals surface area contributed by atoms with E-state index in [1.165, 1.54) is 25.3 Å². The molecular weight excluding hydrogens is 564 g/mol. The van der Waals surface area contributed by atoms with Crippen molar-refractivity contribution in [1.29, 1.82) is 0 Å². The van der Waals surface area contributed by atoms with Crippen molar-refractivity contribution >= 4 is 31.6 Å². The number of hydrogen-bond donors (Lipinski definition) is 1. The SMILES string of the molecule is COc1cc([N+](=O)[O-])ccc1-[n+]1nc(-c2ccc(S(=O)(=O)[O-])cc2S(=O)(=O)O)nn1-c1ccc([N+](=O)[O-])cc1. The number of tetrazole rings is 1. The van der Waals surface area contributed by atoms with Gasteiger partial charge in [-0.15, -0.1) is 0 Å². The molecule has 0 bridgehead atoms. The summed E-state index contributed by atoms with van der Waals surface area (Å²) in [5.74, 6) is -0.490. The fourth-order valence-electron chi connectivity index (χ4n) is 3.42. The van der Waals surface area contributed by atoms with E-state index in [1.807, 2.05) is 0 Å². The Bertz CT molecular complexity index is 1850. The molecule has 19 heteroatoms. The number of nitro benzene ring substituents is 2. The molecule has 17 nitrogen and oxygen atoms in total. The lowest BCUT2D eigenvalue weighted by Gasteiger charge is -2.09. The van der Waals surface area contributed by atoms with Crippen LogP contribution in [0.25, 0.3) is 22.8 Å². The van der Waals surface area contributed by atoms with E-state index in [-0.39, 0.29) is 28.5 Å². The summed E-state index contributed by atoms with van der Waals surface area (Å²) in [4.78, 5) is 21.1. The summed E-state index contributed by atoms with van der Waals surface area (Å²) in [6.45, 7) is 0. The zero-order valence-corrected chi connectivity index (χ0v) is 20.9. The zero-order valence-electron chi connectivity index (χ0n) is 19.3. The first-order chi connectivity index (χ1) is 18.2. The van der Waals surface area contributed by atoms with Crippen molar-refractivity contribution in [2.24, 2.45) is 0 Å². The van der Waals surface area contributed by atoms with Crippen LogP contribution in [-0.4, -0.2) is 57.9 Å². The Hall–Kier alpha value is -4.85. The predicted molar refractivity (Wildman–Crippen MR) is 126 cm³/mol. The molecule has 1 aromatic heterocycles. The smallest absolute Gasteiger partial charge is 0.341 e. The van der Waals surface area contributed by atoms with Gasteiger partial charge in [0, 0.05) is 29.1 Å². The third-order valence-corrected chi connectivity index (χ3v) is 6.92. The molecule has 0 amide bonds. The Morgan fingerprint density at radius 2 is 1.54 bits per heavy atom. The van der Waals surface area contributed by atoms with E-state index in [4.69, 9.17) is 4.74 Å². The minimum atomic E-state index is -5.12. The molecule has 1 heterocycles. The highest BCUT2D eigenvalue weighted by Gasteiger charge is 2.31. The molecule has 0 aliphatic rings. The van der Waals surface area contributed by atoms with Gasteiger partial charge in [-0.3, -0.25) is 24.8 Å².